The maximum absolute atomic E-state index is 13.3. The fourth-order valence-electron chi connectivity index (χ4n) is 4.16. The smallest absolute Gasteiger partial charge is 0.270 e. The van der Waals surface area contributed by atoms with E-state index >= 15 is 0 Å². The van der Waals surface area contributed by atoms with Crippen LogP contribution in [0.3, 0.4) is 0 Å². The van der Waals surface area contributed by atoms with E-state index in [0.29, 0.717) is 33.0 Å². The molecule has 0 saturated carbocycles. The van der Waals surface area contributed by atoms with Gasteiger partial charge in [-0.2, -0.15) is 0 Å². The van der Waals surface area contributed by atoms with Gasteiger partial charge in [-0.25, -0.2) is 4.39 Å². The van der Waals surface area contributed by atoms with Gasteiger partial charge in [-0.3, -0.25) is 9.69 Å². The molecule has 3 heterocycles. The van der Waals surface area contributed by atoms with E-state index in [1.54, 1.807) is 30.3 Å². The number of halogens is 1. The van der Waals surface area contributed by atoms with Crippen molar-refractivity contribution in [2.45, 2.75) is 6.54 Å². The molecule has 2 aliphatic rings. The number of hydrogen-bond donors (Lipinski definition) is 0. The lowest BCUT2D eigenvalue weighted by Crippen LogP contribution is -2.27. The van der Waals surface area contributed by atoms with Crippen molar-refractivity contribution in [1.29, 1.82) is 0 Å². The summed E-state index contributed by atoms with van der Waals surface area (Å²) in [5.74, 6) is 0.814. The summed E-state index contributed by atoms with van der Waals surface area (Å²) in [6.45, 7) is 0.756. The number of hydrogen-bond acceptors (Lipinski definition) is 5. The Hall–Kier alpha value is -3.62. The third-order valence-corrected chi connectivity index (χ3v) is 7.08. The highest BCUT2D eigenvalue weighted by atomic mass is 32.2. The minimum absolute atomic E-state index is 0.166. The Morgan fingerprint density at radius 3 is 2.68 bits per heavy atom. The van der Waals surface area contributed by atoms with Crippen LogP contribution in [0.15, 0.2) is 77.8 Å². The van der Waals surface area contributed by atoms with Crippen LogP contribution in [-0.4, -0.2) is 21.6 Å². The van der Waals surface area contributed by atoms with E-state index in [1.807, 2.05) is 36.5 Å². The number of nitrogens with zero attached hydrogens (tertiary/aromatic N) is 2. The maximum Gasteiger partial charge on any atom is 0.270 e. The Morgan fingerprint density at radius 1 is 1.03 bits per heavy atom. The Kier molecular flexibility index (Phi) is 5.12. The molecular weight excluding hydrogens is 471 g/mol. The van der Waals surface area contributed by atoms with E-state index in [2.05, 4.69) is 4.57 Å². The number of carbonyl (C=O) groups excluding carboxylic acids is 1. The van der Waals surface area contributed by atoms with Gasteiger partial charge in [0.05, 0.1) is 10.6 Å². The summed E-state index contributed by atoms with van der Waals surface area (Å²) in [6.07, 6.45) is 3.90. The molecule has 0 aliphatic carbocycles. The van der Waals surface area contributed by atoms with Gasteiger partial charge >= 0.3 is 0 Å². The minimum Gasteiger partial charge on any atom is -0.454 e. The van der Waals surface area contributed by atoms with E-state index in [1.165, 1.54) is 28.8 Å². The van der Waals surface area contributed by atoms with Gasteiger partial charge in [0.25, 0.3) is 5.91 Å². The number of ether oxygens (including phenoxy) is 2. The molecule has 0 radical (unpaired) electrons. The number of para-hydroxylation sites is 1. The zero-order valence-electron chi connectivity index (χ0n) is 17.7. The van der Waals surface area contributed by atoms with E-state index < -0.39 is 0 Å². The van der Waals surface area contributed by atoms with Crippen LogP contribution in [0.5, 0.6) is 11.5 Å². The second-order valence-corrected chi connectivity index (χ2v) is 9.59. The lowest BCUT2D eigenvalue weighted by atomic mass is 10.1. The van der Waals surface area contributed by atoms with Crippen LogP contribution in [0.1, 0.15) is 11.1 Å². The average Bonchev–Trinajstić information content (AvgIpc) is 3.52. The molecule has 4 aromatic rings. The molecule has 0 N–H and O–H groups in total. The molecule has 6 rings (SSSR count). The summed E-state index contributed by atoms with van der Waals surface area (Å²) in [6, 6.07) is 19.8. The van der Waals surface area contributed by atoms with Crippen molar-refractivity contribution in [3.8, 4) is 11.5 Å². The fourth-order valence-corrected chi connectivity index (χ4v) is 5.45. The molecule has 2 aliphatic heterocycles. The summed E-state index contributed by atoms with van der Waals surface area (Å²) in [5, 5.41) is 1.03. The van der Waals surface area contributed by atoms with Gasteiger partial charge in [0.2, 0.25) is 6.79 Å². The third-order valence-electron chi connectivity index (χ3n) is 5.78. The quantitative estimate of drug-likeness (QED) is 0.262. The number of aromatic nitrogens is 1. The first-order valence-electron chi connectivity index (χ1n) is 10.6. The highest BCUT2D eigenvalue weighted by Gasteiger charge is 2.34. The molecule has 1 fully saturated rings. The Balaban J connectivity index is 1.35. The van der Waals surface area contributed by atoms with Gasteiger partial charge < -0.3 is 14.0 Å². The van der Waals surface area contributed by atoms with Crippen LogP contribution in [-0.2, 0) is 11.3 Å². The molecular formula is C26H17FN2O3S2. The first kappa shape index (κ1) is 20.9. The minimum atomic E-state index is -0.258. The summed E-state index contributed by atoms with van der Waals surface area (Å²) in [7, 11) is 0. The highest BCUT2D eigenvalue weighted by molar-refractivity contribution is 8.27. The Bertz CT molecular complexity index is 1490. The van der Waals surface area contributed by atoms with Crippen LogP contribution in [0, 0.1) is 5.82 Å². The van der Waals surface area contributed by atoms with Crippen molar-refractivity contribution >= 4 is 56.9 Å². The topological polar surface area (TPSA) is 43.7 Å². The Labute approximate surface area is 204 Å². The molecule has 3 aromatic carbocycles. The van der Waals surface area contributed by atoms with Crippen LogP contribution < -0.4 is 14.4 Å². The largest absolute Gasteiger partial charge is 0.454 e. The molecule has 0 spiro atoms. The maximum atomic E-state index is 13.3. The summed E-state index contributed by atoms with van der Waals surface area (Å²) >= 11 is 6.81. The average molecular weight is 489 g/mol. The van der Waals surface area contributed by atoms with E-state index in [0.717, 1.165) is 22.0 Å². The number of carbonyl (C=O) groups is 1. The number of thiocarbonyl (C=S) groups is 1. The van der Waals surface area contributed by atoms with Crippen LogP contribution in [0.2, 0.25) is 0 Å². The van der Waals surface area contributed by atoms with Gasteiger partial charge in [-0.1, -0.05) is 54.3 Å². The highest BCUT2D eigenvalue weighted by Crippen LogP contribution is 2.41. The van der Waals surface area contributed by atoms with Crippen molar-refractivity contribution in [2.75, 3.05) is 11.7 Å². The number of rotatable bonds is 4. The van der Waals surface area contributed by atoms with Gasteiger partial charge in [0, 0.05) is 35.3 Å². The molecule has 1 aromatic heterocycles. The van der Waals surface area contributed by atoms with E-state index in [9.17, 15) is 9.18 Å². The first-order valence-corrected chi connectivity index (χ1v) is 11.8. The molecule has 5 nitrogen and oxygen atoms in total. The zero-order chi connectivity index (χ0) is 23.2. The molecule has 34 heavy (non-hydrogen) atoms. The number of anilines is 1. The van der Waals surface area contributed by atoms with Gasteiger partial charge in [-0.15, -0.1) is 0 Å². The molecule has 0 unspecified atom stereocenters. The fraction of sp³-hybridized carbons (Fsp3) is 0.0769. The predicted octanol–water partition coefficient (Wildman–Crippen LogP) is 5.96. The van der Waals surface area contributed by atoms with Gasteiger partial charge in [0.1, 0.15) is 5.82 Å². The standard InChI is InChI=1S/C26H17FN2O3S2/c27-18-7-5-16(6-8-18)13-28-14-17(20-3-1-2-4-21(20)28)11-24-25(30)29(26(33)34-24)19-9-10-22-23(12-19)32-15-31-22/h1-12,14H,13,15H2/b24-11-. The molecule has 1 amide bonds. The molecule has 0 bridgehead atoms. The monoisotopic (exact) mass is 488 g/mol. The van der Waals surface area contributed by atoms with Gasteiger partial charge in [-0.05, 0) is 42.0 Å². The lowest BCUT2D eigenvalue weighted by Gasteiger charge is -2.14. The van der Waals surface area contributed by atoms with Crippen molar-refractivity contribution in [2.24, 2.45) is 0 Å². The van der Waals surface area contributed by atoms with E-state index in [4.69, 9.17) is 21.7 Å². The first-order chi connectivity index (χ1) is 16.6. The summed E-state index contributed by atoms with van der Waals surface area (Å²) < 4.78 is 26.7. The van der Waals surface area contributed by atoms with Crippen LogP contribution in [0.4, 0.5) is 10.1 Å². The van der Waals surface area contributed by atoms with Crippen molar-refractivity contribution in [1.82, 2.24) is 4.57 Å². The number of amides is 1. The normalized spacial score (nSPS) is 16.3. The van der Waals surface area contributed by atoms with Crippen LogP contribution >= 0.6 is 24.0 Å². The van der Waals surface area contributed by atoms with Crippen LogP contribution in [0.25, 0.3) is 17.0 Å². The Morgan fingerprint density at radius 2 is 1.82 bits per heavy atom. The number of thioether (sulfide) groups is 1. The lowest BCUT2D eigenvalue weighted by molar-refractivity contribution is -0.113. The summed E-state index contributed by atoms with van der Waals surface area (Å²) in [4.78, 5) is 15.4. The SMILES string of the molecule is O=C1/C(=C/c2cn(Cc3ccc(F)cc3)c3ccccc23)SC(=S)N1c1ccc2c(c1)OCO2. The zero-order valence-corrected chi connectivity index (χ0v) is 19.4. The second kappa shape index (κ2) is 8.30. The molecule has 168 valence electrons. The van der Waals surface area contributed by atoms with Crippen molar-refractivity contribution in [3.05, 3.63) is 94.8 Å². The molecule has 0 atom stereocenters. The third kappa shape index (κ3) is 3.65. The van der Waals surface area contributed by atoms with Gasteiger partial charge in [0.15, 0.2) is 15.8 Å². The predicted molar refractivity (Wildman–Crippen MR) is 136 cm³/mol. The number of benzene rings is 3. The van der Waals surface area contributed by atoms with E-state index in [-0.39, 0.29) is 18.5 Å². The number of fused-ring (bicyclic) bond motifs is 2. The summed E-state index contributed by atoms with van der Waals surface area (Å²) in [5.41, 5.74) is 3.59. The molecule has 8 heteroatoms. The molecule has 1 saturated heterocycles. The second-order valence-electron chi connectivity index (χ2n) is 7.91. The van der Waals surface area contributed by atoms with Crippen molar-refractivity contribution in [3.63, 3.8) is 0 Å². The van der Waals surface area contributed by atoms with Crippen molar-refractivity contribution < 1.29 is 18.7 Å².